The maximum atomic E-state index is 12.8. The average Bonchev–Trinajstić information content (AvgIpc) is 3.33. The smallest absolute Gasteiger partial charge is 0.253 e. The van der Waals surface area contributed by atoms with Crippen molar-refractivity contribution in [2.24, 2.45) is 5.73 Å². The second kappa shape index (κ2) is 9.91. The van der Waals surface area contributed by atoms with Crippen LogP contribution in [0.25, 0.3) is 28.0 Å². The molecule has 1 aliphatic rings. The molecule has 1 aliphatic heterocycles. The van der Waals surface area contributed by atoms with Gasteiger partial charge in [-0.1, -0.05) is 25.5 Å². The van der Waals surface area contributed by atoms with E-state index in [9.17, 15) is 9.90 Å². The third kappa shape index (κ3) is 4.53. The molecule has 1 atom stereocenters. The van der Waals surface area contributed by atoms with Crippen molar-refractivity contribution in [1.82, 2.24) is 19.7 Å². The topological polar surface area (TPSA) is 119 Å². The third-order valence-corrected chi connectivity index (χ3v) is 6.16. The number of carbonyl (C=O) groups excluding carboxylic acids is 1. The van der Waals surface area contributed by atoms with E-state index in [1.54, 1.807) is 21.8 Å². The fraction of sp³-hybridized carbons (Fsp3) is 0.308. The fourth-order valence-electron chi connectivity index (χ4n) is 4.39. The number of rotatable bonds is 7. The van der Waals surface area contributed by atoms with E-state index < -0.39 is 0 Å². The van der Waals surface area contributed by atoms with Gasteiger partial charge < -0.3 is 20.5 Å². The molecule has 0 unspecified atom stereocenters. The number of aliphatic hydroxyl groups is 1. The van der Waals surface area contributed by atoms with Crippen LogP contribution in [0.3, 0.4) is 0 Å². The molecule has 0 spiro atoms. The zero-order valence-electron chi connectivity index (χ0n) is 19.6. The molecule has 0 radical (unpaired) electrons. The molecule has 35 heavy (non-hydrogen) atoms. The molecular formula is C26H28N6O3. The summed E-state index contributed by atoms with van der Waals surface area (Å²) in [7, 11) is 0. The van der Waals surface area contributed by atoms with Crippen LogP contribution in [0.4, 0.5) is 5.69 Å². The van der Waals surface area contributed by atoms with Gasteiger partial charge in [0.1, 0.15) is 6.61 Å². The van der Waals surface area contributed by atoms with Gasteiger partial charge in [-0.05, 0) is 42.8 Å². The summed E-state index contributed by atoms with van der Waals surface area (Å²) >= 11 is 0. The minimum atomic E-state index is -0.166. The number of carbonyl (C=O) groups is 1. The van der Waals surface area contributed by atoms with Crippen molar-refractivity contribution in [3.63, 3.8) is 0 Å². The number of morpholine rings is 1. The first-order chi connectivity index (χ1) is 17.1. The highest BCUT2D eigenvalue weighted by Crippen LogP contribution is 2.34. The Balaban J connectivity index is 1.70. The van der Waals surface area contributed by atoms with E-state index in [-0.39, 0.29) is 25.2 Å². The highest BCUT2D eigenvalue weighted by molar-refractivity contribution is 6.05. The Morgan fingerprint density at radius 2 is 2.03 bits per heavy atom. The monoisotopic (exact) mass is 472 g/mol. The second-order valence-electron chi connectivity index (χ2n) is 8.57. The van der Waals surface area contributed by atoms with Crippen LogP contribution in [-0.4, -0.2) is 50.5 Å². The largest absolute Gasteiger partial charge is 0.390 e. The predicted octanol–water partition coefficient (Wildman–Crippen LogP) is 3.14. The lowest BCUT2D eigenvalue weighted by molar-refractivity contribution is -0.125. The van der Waals surface area contributed by atoms with Crippen molar-refractivity contribution in [2.75, 3.05) is 24.7 Å². The number of benzene rings is 1. The number of amides is 1. The Labute approximate surface area is 203 Å². The molecule has 0 saturated carbocycles. The molecule has 0 aliphatic carbocycles. The van der Waals surface area contributed by atoms with Crippen molar-refractivity contribution in [3.8, 4) is 17.1 Å². The molecule has 4 heterocycles. The van der Waals surface area contributed by atoms with Crippen LogP contribution in [0.5, 0.6) is 0 Å². The van der Waals surface area contributed by atoms with Crippen LogP contribution in [-0.2, 0) is 16.1 Å². The lowest BCUT2D eigenvalue weighted by Crippen LogP contribution is -2.41. The van der Waals surface area contributed by atoms with E-state index >= 15 is 0 Å². The van der Waals surface area contributed by atoms with Crippen molar-refractivity contribution in [2.45, 2.75) is 32.4 Å². The van der Waals surface area contributed by atoms with Gasteiger partial charge in [-0.3, -0.25) is 9.78 Å². The number of fused-ring (bicyclic) bond motifs is 1. The molecule has 0 bridgehead atoms. The standard InChI is InChI=1S/C26H28N6O3/c1-2-5-20(27)22-8-4-7-21(30-22)17-12-23(31-10-11-35-16-26(31)34)19-14-28-32(24(19)13-17)25-9-3-6-18(15-33)29-25/h3-4,6-9,12-14,20,33H,2,5,10-11,15-16,27H2,1H3/t20-/m0/s1. The number of pyridine rings is 2. The van der Waals surface area contributed by atoms with Crippen LogP contribution in [0, 0.1) is 0 Å². The summed E-state index contributed by atoms with van der Waals surface area (Å²) in [5.74, 6) is 0.476. The normalized spacial score (nSPS) is 15.1. The zero-order valence-corrected chi connectivity index (χ0v) is 19.6. The third-order valence-electron chi connectivity index (χ3n) is 6.16. The van der Waals surface area contributed by atoms with Crippen LogP contribution in [0.2, 0.25) is 0 Å². The number of hydrogen-bond donors (Lipinski definition) is 2. The average molecular weight is 473 g/mol. The summed E-state index contributed by atoms with van der Waals surface area (Å²) < 4.78 is 7.07. The zero-order chi connectivity index (χ0) is 24.4. The first-order valence-corrected chi connectivity index (χ1v) is 11.8. The van der Waals surface area contributed by atoms with Gasteiger partial charge in [0.25, 0.3) is 5.91 Å². The van der Waals surface area contributed by atoms with Gasteiger partial charge in [0.05, 0.1) is 47.7 Å². The van der Waals surface area contributed by atoms with Crippen molar-refractivity contribution in [3.05, 3.63) is 66.1 Å². The first-order valence-electron chi connectivity index (χ1n) is 11.8. The molecule has 1 saturated heterocycles. The quantitative estimate of drug-likeness (QED) is 0.424. The van der Waals surface area contributed by atoms with E-state index in [1.807, 2.05) is 42.5 Å². The summed E-state index contributed by atoms with van der Waals surface area (Å²) in [6.07, 6.45) is 3.57. The molecule has 180 valence electrons. The summed E-state index contributed by atoms with van der Waals surface area (Å²) in [4.78, 5) is 23.9. The number of aromatic nitrogens is 4. The van der Waals surface area contributed by atoms with Crippen molar-refractivity contribution in [1.29, 1.82) is 0 Å². The SMILES string of the molecule is CCC[C@H](N)c1cccc(-c2cc(N3CCOCC3=O)c3cnn(-c4cccc(CO)n4)c3c2)n1. The maximum Gasteiger partial charge on any atom is 0.253 e. The Morgan fingerprint density at radius 1 is 1.17 bits per heavy atom. The maximum absolute atomic E-state index is 12.8. The Hall–Kier alpha value is -3.66. The molecule has 9 nitrogen and oxygen atoms in total. The number of hydrogen-bond acceptors (Lipinski definition) is 7. The molecule has 4 aromatic rings. The van der Waals surface area contributed by atoms with Crippen LogP contribution in [0.1, 0.15) is 37.2 Å². The highest BCUT2D eigenvalue weighted by Gasteiger charge is 2.25. The van der Waals surface area contributed by atoms with Crippen molar-refractivity contribution < 1.29 is 14.6 Å². The van der Waals surface area contributed by atoms with Crippen molar-refractivity contribution >= 4 is 22.5 Å². The van der Waals surface area contributed by atoms with Gasteiger partial charge in [0, 0.05) is 23.5 Å². The minimum Gasteiger partial charge on any atom is -0.390 e. The Bertz CT molecular complexity index is 1370. The lowest BCUT2D eigenvalue weighted by Gasteiger charge is -2.28. The molecular weight excluding hydrogens is 444 g/mol. The molecule has 9 heteroatoms. The number of nitrogens with zero attached hydrogens (tertiary/aromatic N) is 5. The summed E-state index contributed by atoms with van der Waals surface area (Å²) in [6, 6.07) is 15.1. The summed E-state index contributed by atoms with van der Waals surface area (Å²) in [6.45, 7) is 2.89. The Kier molecular flexibility index (Phi) is 6.54. The summed E-state index contributed by atoms with van der Waals surface area (Å²) in [5.41, 5.74) is 10.9. The van der Waals surface area contributed by atoms with Gasteiger partial charge in [0.2, 0.25) is 0 Å². The lowest BCUT2D eigenvalue weighted by atomic mass is 10.0. The number of aliphatic hydroxyl groups excluding tert-OH is 1. The number of anilines is 1. The number of nitrogens with two attached hydrogens (primary N) is 1. The Morgan fingerprint density at radius 3 is 2.83 bits per heavy atom. The van der Waals surface area contributed by atoms with E-state index in [4.69, 9.17) is 15.5 Å². The van der Waals surface area contributed by atoms with E-state index in [1.165, 1.54) is 0 Å². The summed E-state index contributed by atoms with van der Waals surface area (Å²) in [5, 5.41) is 15.0. The second-order valence-corrected chi connectivity index (χ2v) is 8.57. The first kappa shape index (κ1) is 23.1. The molecule has 3 aromatic heterocycles. The van der Waals surface area contributed by atoms with Gasteiger partial charge in [0.15, 0.2) is 5.82 Å². The van der Waals surface area contributed by atoms with Crippen LogP contribution < -0.4 is 10.6 Å². The predicted molar refractivity (Wildman–Crippen MR) is 133 cm³/mol. The van der Waals surface area contributed by atoms with E-state index in [0.717, 1.165) is 46.4 Å². The molecule has 5 rings (SSSR count). The van der Waals surface area contributed by atoms with Gasteiger partial charge in [-0.2, -0.15) is 5.10 Å². The van der Waals surface area contributed by atoms with Crippen LogP contribution >= 0.6 is 0 Å². The van der Waals surface area contributed by atoms with Gasteiger partial charge in [-0.15, -0.1) is 0 Å². The van der Waals surface area contributed by atoms with E-state index in [0.29, 0.717) is 24.7 Å². The highest BCUT2D eigenvalue weighted by atomic mass is 16.5. The van der Waals surface area contributed by atoms with Crippen LogP contribution in [0.15, 0.2) is 54.7 Å². The molecule has 1 aromatic carbocycles. The van der Waals surface area contributed by atoms with Gasteiger partial charge in [-0.25, -0.2) is 9.67 Å². The molecule has 1 fully saturated rings. The molecule has 1 amide bonds. The number of ether oxygens (including phenoxy) is 1. The molecule has 3 N–H and O–H groups in total. The van der Waals surface area contributed by atoms with Gasteiger partial charge >= 0.3 is 0 Å². The fourth-order valence-corrected chi connectivity index (χ4v) is 4.39. The van der Waals surface area contributed by atoms with E-state index in [2.05, 4.69) is 17.0 Å². The minimum absolute atomic E-state index is 0.0412.